The number of nitrogens with two attached hydrogens (primary N) is 1. The topological polar surface area (TPSA) is 135 Å². The van der Waals surface area contributed by atoms with Crippen LogP contribution in [-0.2, 0) is 22.7 Å². The van der Waals surface area contributed by atoms with Gasteiger partial charge in [-0.05, 0) is 57.5 Å². The zero-order valence-corrected chi connectivity index (χ0v) is 21.5. The van der Waals surface area contributed by atoms with E-state index in [1.807, 2.05) is 63.2 Å². The summed E-state index contributed by atoms with van der Waals surface area (Å²) in [5, 5.41) is 13.8. The number of allylic oxidation sites excluding steroid dienone is 1. The molecule has 0 radical (unpaired) electrons. The second kappa shape index (κ2) is 10.8. The highest BCUT2D eigenvalue weighted by Gasteiger charge is 2.23. The third kappa shape index (κ3) is 6.31. The fourth-order valence-corrected chi connectivity index (χ4v) is 3.83. The van der Waals surface area contributed by atoms with Crippen molar-refractivity contribution < 1.29 is 14.3 Å². The van der Waals surface area contributed by atoms with Gasteiger partial charge in [-0.25, -0.2) is 9.97 Å². The van der Waals surface area contributed by atoms with Gasteiger partial charge in [0.25, 0.3) is 5.91 Å². The Morgan fingerprint density at radius 2 is 1.92 bits per heavy atom. The summed E-state index contributed by atoms with van der Waals surface area (Å²) >= 11 is 0. The number of ether oxygens (including phenoxy) is 2. The molecule has 0 bridgehead atoms. The minimum absolute atomic E-state index is 0.184. The summed E-state index contributed by atoms with van der Waals surface area (Å²) in [6.07, 6.45) is 1.97. The Hall–Kier alpha value is -4.24. The van der Waals surface area contributed by atoms with Gasteiger partial charge in [0.15, 0.2) is 11.9 Å². The zero-order valence-electron chi connectivity index (χ0n) is 21.5. The Labute approximate surface area is 216 Å². The number of aromatic nitrogens is 2. The monoisotopic (exact) mass is 500 g/mol. The van der Waals surface area contributed by atoms with Gasteiger partial charge in [-0.3, -0.25) is 4.79 Å². The largest absolute Gasteiger partial charge is 0.481 e. The zero-order chi connectivity index (χ0) is 26.6. The molecule has 1 amide bonds. The standard InChI is InChI=1S/C28H32N6O3/c1-17(27(35)34-28(2,3)4)37-22-7-5-6-19(12-22)25-32-24-16-36-15-23(24)26(33-25)31-21-10-8-18(9-11-21)20(13-29)14-30/h5-14,17,29H,15-16,30H2,1-4H3,(H,34,35)(H,31,32,33)/b20-14+,29-13?. The van der Waals surface area contributed by atoms with Crippen LogP contribution in [0.4, 0.5) is 11.5 Å². The van der Waals surface area contributed by atoms with Crippen LogP contribution in [0.1, 0.15) is 44.5 Å². The first-order valence-electron chi connectivity index (χ1n) is 12.0. The molecule has 1 aliphatic rings. The molecule has 1 aliphatic heterocycles. The van der Waals surface area contributed by atoms with E-state index >= 15 is 0 Å². The first-order valence-corrected chi connectivity index (χ1v) is 12.0. The van der Waals surface area contributed by atoms with Gasteiger partial charge in [0, 0.05) is 40.3 Å². The average Bonchev–Trinajstić information content (AvgIpc) is 3.34. The van der Waals surface area contributed by atoms with Crippen LogP contribution in [0.3, 0.4) is 0 Å². The van der Waals surface area contributed by atoms with E-state index in [0.717, 1.165) is 28.1 Å². The minimum atomic E-state index is -0.661. The predicted molar refractivity (Wildman–Crippen MR) is 145 cm³/mol. The van der Waals surface area contributed by atoms with Crippen molar-refractivity contribution >= 4 is 29.2 Å². The van der Waals surface area contributed by atoms with Gasteiger partial charge in [0.2, 0.25) is 0 Å². The first-order chi connectivity index (χ1) is 17.7. The number of hydrogen-bond acceptors (Lipinski definition) is 8. The van der Waals surface area contributed by atoms with E-state index in [4.69, 9.17) is 30.6 Å². The SMILES string of the molecule is CC(Oc1cccc(-c2nc3c(c(Nc4ccc(/C(C=N)=C/N)cc4)n2)COC3)c1)C(=O)NC(C)(C)C. The van der Waals surface area contributed by atoms with E-state index in [0.29, 0.717) is 36.2 Å². The molecule has 0 saturated heterocycles. The third-order valence-corrected chi connectivity index (χ3v) is 5.67. The number of anilines is 2. The highest BCUT2D eigenvalue weighted by molar-refractivity contribution is 6.08. The van der Waals surface area contributed by atoms with Crippen LogP contribution in [0.5, 0.6) is 5.75 Å². The number of carbonyl (C=O) groups excluding carboxylic acids is 1. The molecule has 9 heteroatoms. The second-order valence-electron chi connectivity index (χ2n) is 9.81. The maximum Gasteiger partial charge on any atom is 0.261 e. The van der Waals surface area contributed by atoms with E-state index in [1.165, 1.54) is 12.4 Å². The molecule has 2 aromatic carbocycles. The summed E-state index contributed by atoms with van der Waals surface area (Å²) < 4.78 is 11.6. The number of rotatable bonds is 8. The van der Waals surface area contributed by atoms with Crippen molar-refractivity contribution in [2.24, 2.45) is 5.73 Å². The summed E-state index contributed by atoms with van der Waals surface area (Å²) in [4.78, 5) is 22.0. The summed E-state index contributed by atoms with van der Waals surface area (Å²) in [5.41, 5.74) is 10.1. The highest BCUT2D eigenvalue weighted by Crippen LogP contribution is 2.31. The normalized spacial score (nSPS) is 14.0. The Morgan fingerprint density at radius 3 is 2.59 bits per heavy atom. The number of amides is 1. The third-order valence-electron chi connectivity index (χ3n) is 5.67. The van der Waals surface area contributed by atoms with Crippen molar-refractivity contribution in [2.45, 2.75) is 52.6 Å². The molecule has 37 heavy (non-hydrogen) atoms. The summed E-state index contributed by atoms with van der Waals surface area (Å²) in [6.45, 7) is 8.34. The average molecular weight is 501 g/mol. The lowest BCUT2D eigenvalue weighted by Crippen LogP contribution is -2.46. The Bertz CT molecular complexity index is 1330. The minimum Gasteiger partial charge on any atom is -0.481 e. The van der Waals surface area contributed by atoms with Gasteiger partial charge < -0.3 is 31.3 Å². The molecular formula is C28H32N6O3. The molecule has 0 spiro atoms. The van der Waals surface area contributed by atoms with Crippen molar-refractivity contribution in [3.63, 3.8) is 0 Å². The van der Waals surface area contributed by atoms with Gasteiger partial charge in [-0.2, -0.15) is 0 Å². The summed E-state index contributed by atoms with van der Waals surface area (Å²) in [7, 11) is 0. The van der Waals surface area contributed by atoms with E-state index in [1.54, 1.807) is 13.0 Å². The van der Waals surface area contributed by atoms with E-state index in [9.17, 15) is 4.79 Å². The van der Waals surface area contributed by atoms with Crippen molar-refractivity contribution in [1.82, 2.24) is 15.3 Å². The van der Waals surface area contributed by atoms with Gasteiger partial charge in [-0.15, -0.1) is 0 Å². The molecule has 0 aliphatic carbocycles. The number of hydrogen-bond donors (Lipinski definition) is 4. The van der Waals surface area contributed by atoms with Gasteiger partial charge in [0.05, 0.1) is 18.9 Å². The van der Waals surface area contributed by atoms with Crippen LogP contribution in [0.2, 0.25) is 0 Å². The van der Waals surface area contributed by atoms with Crippen LogP contribution < -0.4 is 21.1 Å². The van der Waals surface area contributed by atoms with Crippen molar-refractivity contribution in [2.75, 3.05) is 5.32 Å². The lowest BCUT2D eigenvalue weighted by Gasteiger charge is -2.23. The number of fused-ring (bicyclic) bond motifs is 1. The van der Waals surface area contributed by atoms with Gasteiger partial charge in [-0.1, -0.05) is 24.3 Å². The lowest BCUT2D eigenvalue weighted by molar-refractivity contribution is -0.128. The number of nitrogens with one attached hydrogen (secondary N) is 3. The molecule has 0 saturated carbocycles. The molecule has 9 nitrogen and oxygen atoms in total. The molecule has 1 aromatic heterocycles. The van der Waals surface area contributed by atoms with Gasteiger partial charge in [0.1, 0.15) is 11.6 Å². The van der Waals surface area contributed by atoms with Crippen molar-refractivity contribution in [3.8, 4) is 17.1 Å². The van der Waals surface area contributed by atoms with Gasteiger partial charge >= 0.3 is 0 Å². The second-order valence-corrected chi connectivity index (χ2v) is 9.81. The molecule has 192 valence electrons. The van der Waals surface area contributed by atoms with Crippen LogP contribution in [-0.4, -0.2) is 33.7 Å². The molecule has 1 unspecified atom stereocenters. The maximum absolute atomic E-state index is 12.5. The Kier molecular flexibility index (Phi) is 7.54. The van der Waals surface area contributed by atoms with Crippen LogP contribution in [0.15, 0.2) is 54.7 Å². The number of carbonyl (C=O) groups is 1. The molecule has 2 heterocycles. The summed E-state index contributed by atoms with van der Waals surface area (Å²) in [6, 6.07) is 15.0. The Balaban J connectivity index is 1.58. The molecule has 5 N–H and O–H groups in total. The fourth-order valence-electron chi connectivity index (χ4n) is 3.83. The lowest BCUT2D eigenvalue weighted by atomic mass is 10.1. The van der Waals surface area contributed by atoms with Crippen LogP contribution >= 0.6 is 0 Å². The first kappa shape index (κ1) is 25.8. The van der Waals surface area contributed by atoms with Crippen molar-refractivity contribution in [3.05, 3.63) is 71.6 Å². The Morgan fingerprint density at radius 1 is 1.16 bits per heavy atom. The number of benzene rings is 2. The molecule has 0 fully saturated rings. The fraction of sp³-hybridized carbons (Fsp3) is 0.286. The van der Waals surface area contributed by atoms with Crippen LogP contribution in [0, 0.1) is 5.41 Å². The summed E-state index contributed by atoms with van der Waals surface area (Å²) in [5.74, 6) is 1.56. The maximum atomic E-state index is 12.5. The van der Waals surface area contributed by atoms with Crippen LogP contribution in [0.25, 0.3) is 17.0 Å². The smallest absolute Gasteiger partial charge is 0.261 e. The highest BCUT2D eigenvalue weighted by atomic mass is 16.5. The van der Waals surface area contributed by atoms with E-state index in [2.05, 4.69) is 10.6 Å². The molecule has 4 rings (SSSR count). The molecule has 3 aromatic rings. The molecule has 1 atom stereocenters. The molecular weight excluding hydrogens is 468 g/mol. The van der Waals surface area contributed by atoms with E-state index in [-0.39, 0.29) is 11.4 Å². The van der Waals surface area contributed by atoms with E-state index < -0.39 is 6.10 Å². The predicted octanol–water partition coefficient (Wildman–Crippen LogP) is 4.55. The number of nitrogens with zero attached hydrogens (tertiary/aromatic N) is 2. The quantitative estimate of drug-likeness (QED) is 0.333. The van der Waals surface area contributed by atoms with Crippen molar-refractivity contribution in [1.29, 1.82) is 5.41 Å².